The van der Waals surface area contributed by atoms with E-state index in [0.29, 0.717) is 0 Å². The van der Waals surface area contributed by atoms with Crippen molar-refractivity contribution in [1.29, 1.82) is 0 Å². The second-order valence-corrected chi connectivity index (χ2v) is 2.93. The van der Waals surface area contributed by atoms with Gasteiger partial charge in [-0.3, -0.25) is 9.59 Å². The highest BCUT2D eigenvalue weighted by molar-refractivity contribution is 6.33. The third-order valence-electron chi connectivity index (χ3n) is 1.88. The molecule has 0 aliphatic rings. The van der Waals surface area contributed by atoms with Crippen LogP contribution in [0, 0.1) is 0 Å². The molecule has 0 saturated carbocycles. The Labute approximate surface area is 91.6 Å². The first-order chi connectivity index (χ1) is 7.60. The summed E-state index contributed by atoms with van der Waals surface area (Å²) in [6, 6.07) is 3.56. The van der Waals surface area contributed by atoms with Gasteiger partial charge < -0.3 is 9.84 Å². The number of rotatable bonds is 4. The molecule has 16 heavy (non-hydrogen) atoms. The van der Waals surface area contributed by atoms with Gasteiger partial charge in [0.15, 0.2) is 6.29 Å². The summed E-state index contributed by atoms with van der Waals surface area (Å²) in [6.07, 6.45) is 0.140. The van der Waals surface area contributed by atoms with Gasteiger partial charge in [0.2, 0.25) is 5.78 Å². The number of aromatic hydroxyl groups is 1. The number of ketones is 1. The van der Waals surface area contributed by atoms with Gasteiger partial charge in [0, 0.05) is 5.56 Å². The average molecular weight is 222 g/mol. The molecule has 1 aromatic carbocycles. The number of hydrogen-bond acceptors (Lipinski definition) is 5. The van der Waals surface area contributed by atoms with Crippen molar-refractivity contribution in [2.24, 2.45) is 0 Å². The zero-order chi connectivity index (χ0) is 12.1. The molecule has 1 rings (SSSR count). The predicted octanol–water partition coefficient (Wildman–Crippen LogP) is 0.950. The molecule has 0 unspecified atom stereocenters. The minimum absolute atomic E-state index is 0.0378. The molecule has 0 amide bonds. The topological polar surface area (TPSA) is 80.7 Å². The molecule has 0 fully saturated rings. The van der Waals surface area contributed by atoms with Crippen LogP contribution in [0.2, 0.25) is 0 Å². The lowest BCUT2D eigenvalue weighted by molar-refractivity contribution is -0.104. The molecule has 0 aromatic heterocycles. The lowest BCUT2D eigenvalue weighted by atomic mass is 10.1. The Morgan fingerprint density at radius 1 is 1.44 bits per heavy atom. The first-order valence-electron chi connectivity index (χ1n) is 4.59. The third kappa shape index (κ3) is 2.44. The van der Waals surface area contributed by atoms with E-state index in [1.807, 2.05) is 0 Å². The molecule has 1 N–H and O–H groups in total. The van der Waals surface area contributed by atoms with E-state index in [2.05, 4.69) is 4.74 Å². The molecule has 0 aliphatic carbocycles. The number of phenols is 1. The quantitative estimate of drug-likeness (QED) is 0.355. The zero-order valence-electron chi connectivity index (χ0n) is 8.60. The highest BCUT2D eigenvalue weighted by atomic mass is 16.5. The summed E-state index contributed by atoms with van der Waals surface area (Å²) in [4.78, 5) is 32.7. The van der Waals surface area contributed by atoms with E-state index in [-0.39, 0.29) is 29.8 Å². The molecule has 0 heterocycles. The van der Waals surface area contributed by atoms with Gasteiger partial charge in [-0.1, -0.05) is 0 Å². The normalized spacial score (nSPS) is 9.56. The van der Waals surface area contributed by atoms with Crippen molar-refractivity contribution in [3.05, 3.63) is 29.3 Å². The molecule has 0 saturated heterocycles. The van der Waals surface area contributed by atoms with Crippen LogP contribution in [0.1, 0.15) is 27.6 Å². The summed E-state index contributed by atoms with van der Waals surface area (Å²) in [5.41, 5.74) is -0.0922. The molecular weight excluding hydrogens is 212 g/mol. The second-order valence-electron chi connectivity index (χ2n) is 2.93. The number of carbonyl (C=O) groups excluding carboxylic acids is 3. The molecule has 0 radical (unpaired) electrons. The fourth-order valence-electron chi connectivity index (χ4n) is 1.13. The maximum absolute atomic E-state index is 11.3. The van der Waals surface area contributed by atoms with Gasteiger partial charge in [0.25, 0.3) is 0 Å². The summed E-state index contributed by atoms with van der Waals surface area (Å²) in [7, 11) is 0. The van der Waals surface area contributed by atoms with E-state index in [0.717, 1.165) is 6.07 Å². The van der Waals surface area contributed by atoms with Crippen LogP contribution in [0.15, 0.2) is 18.2 Å². The van der Waals surface area contributed by atoms with Crippen LogP contribution in [0.3, 0.4) is 0 Å². The van der Waals surface area contributed by atoms with E-state index in [9.17, 15) is 19.5 Å². The van der Waals surface area contributed by atoms with E-state index < -0.39 is 11.8 Å². The number of hydrogen-bond donors (Lipinski definition) is 1. The van der Waals surface area contributed by atoms with E-state index in [1.165, 1.54) is 12.1 Å². The maximum Gasteiger partial charge on any atom is 0.341 e. The van der Waals surface area contributed by atoms with Crippen LogP contribution in [-0.2, 0) is 9.53 Å². The molecule has 0 bridgehead atoms. The number of esters is 1. The third-order valence-corrected chi connectivity index (χ3v) is 1.88. The Morgan fingerprint density at radius 2 is 2.12 bits per heavy atom. The first-order valence-corrected chi connectivity index (χ1v) is 4.59. The van der Waals surface area contributed by atoms with Crippen LogP contribution in [0.25, 0.3) is 0 Å². The van der Waals surface area contributed by atoms with Crippen LogP contribution in [0.4, 0.5) is 0 Å². The van der Waals surface area contributed by atoms with Crippen molar-refractivity contribution in [3.63, 3.8) is 0 Å². The minimum Gasteiger partial charge on any atom is -0.507 e. The van der Waals surface area contributed by atoms with Crippen molar-refractivity contribution in [2.75, 3.05) is 6.61 Å². The van der Waals surface area contributed by atoms with Crippen molar-refractivity contribution >= 4 is 18.0 Å². The highest BCUT2D eigenvalue weighted by Gasteiger charge is 2.15. The van der Waals surface area contributed by atoms with E-state index in [4.69, 9.17) is 0 Å². The SMILES string of the molecule is CCOC(=O)c1cc(C(=O)C=O)ccc1O. The summed E-state index contributed by atoms with van der Waals surface area (Å²) >= 11 is 0. The van der Waals surface area contributed by atoms with Crippen LogP contribution in [-0.4, -0.2) is 29.8 Å². The van der Waals surface area contributed by atoms with Gasteiger partial charge in [-0.2, -0.15) is 0 Å². The predicted molar refractivity (Wildman–Crippen MR) is 54.5 cm³/mol. The molecule has 0 spiro atoms. The second kappa shape index (κ2) is 5.06. The van der Waals surface area contributed by atoms with Crippen LogP contribution >= 0.6 is 0 Å². The fourth-order valence-corrected chi connectivity index (χ4v) is 1.13. The smallest absolute Gasteiger partial charge is 0.341 e. The fraction of sp³-hybridized carbons (Fsp3) is 0.182. The molecule has 1 aromatic rings. The number of Topliss-reactive ketones (excluding diaryl/α,β-unsaturated/α-hetero) is 1. The van der Waals surface area contributed by atoms with Crippen LogP contribution < -0.4 is 0 Å². The Morgan fingerprint density at radius 3 is 2.69 bits per heavy atom. The lowest BCUT2D eigenvalue weighted by Crippen LogP contribution is -2.07. The summed E-state index contributed by atoms with van der Waals surface area (Å²) in [5, 5.41) is 9.39. The highest BCUT2D eigenvalue weighted by Crippen LogP contribution is 2.19. The monoisotopic (exact) mass is 222 g/mol. The van der Waals surface area contributed by atoms with E-state index in [1.54, 1.807) is 6.92 Å². The van der Waals surface area contributed by atoms with Gasteiger partial charge in [0.05, 0.1) is 6.61 Å². The summed E-state index contributed by atoms with van der Waals surface area (Å²) in [5.74, 6) is -1.79. The molecular formula is C11H10O5. The Bertz CT molecular complexity index is 436. The minimum atomic E-state index is -0.759. The van der Waals surface area contributed by atoms with Crippen molar-refractivity contribution in [1.82, 2.24) is 0 Å². The number of carbonyl (C=O) groups is 3. The van der Waals surface area contributed by atoms with Crippen molar-refractivity contribution < 1.29 is 24.2 Å². The lowest BCUT2D eigenvalue weighted by Gasteiger charge is -2.05. The number of aldehydes is 1. The number of benzene rings is 1. The van der Waals surface area contributed by atoms with Crippen molar-refractivity contribution in [2.45, 2.75) is 6.92 Å². The standard InChI is InChI=1S/C11H10O5/c1-2-16-11(15)8-5-7(10(14)6-12)3-4-9(8)13/h3-6,13H,2H2,1H3. The van der Waals surface area contributed by atoms with Crippen LogP contribution in [0.5, 0.6) is 5.75 Å². The number of phenolic OH excluding ortho intramolecular Hbond substituents is 1. The molecule has 0 atom stereocenters. The molecule has 5 nitrogen and oxygen atoms in total. The van der Waals surface area contributed by atoms with Crippen molar-refractivity contribution in [3.8, 4) is 5.75 Å². The largest absolute Gasteiger partial charge is 0.507 e. The van der Waals surface area contributed by atoms with Gasteiger partial charge >= 0.3 is 5.97 Å². The van der Waals surface area contributed by atoms with Gasteiger partial charge in [-0.05, 0) is 25.1 Å². The summed E-state index contributed by atoms with van der Waals surface area (Å²) in [6.45, 7) is 1.78. The van der Waals surface area contributed by atoms with Gasteiger partial charge in [-0.15, -0.1) is 0 Å². The molecule has 5 heteroatoms. The van der Waals surface area contributed by atoms with E-state index >= 15 is 0 Å². The average Bonchev–Trinajstić information content (AvgIpc) is 2.29. The summed E-state index contributed by atoms with van der Waals surface area (Å²) < 4.78 is 4.68. The molecule has 0 aliphatic heterocycles. The number of ether oxygens (including phenoxy) is 1. The Hall–Kier alpha value is -2.17. The first kappa shape index (κ1) is 11.9. The zero-order valence-corrected chi connectivity index (χ0v) is 8.60. The Kier molecular flexibility index (Phi) is 3.77. The Balaban J connectivity index is 3.13. The molecule has 84 valence electrons. The maximum atomic E-state index is 11.3. The van der Waals surface area contributed by atoms with Gasteiger partial charge in [-0.25, -0.2) is 4.79 Å². The van der Waals surface area contributed by atoms with Gasteiger partial charge in [0.1, 0.15) is 11.3 Å².